The van der Waals surface area contributed by atoms with Crippen LogP contribution in [0.25, 0.3) is 16.9 Å². The van der Waals surface area contributed by atoms with Crippen LogP contribution in [0.5, 0.6) is 0 Å². The molecular formula is C19H19N5S. The fourth-order valence-corrected chi connectivity index (χ4v) is 3.75. The lowest BCUT2D eigenvalue weighted by Crippen LogP contribution is -2.13. The molecule has 5 nitrogen and oxygen atoms in total. The molecule has 0 fully saturated rings. The van der Waals surface area contributed by atoms with E-state index in [1.165, 1.54) is 10.4 Å². The summed E-state index contributed by atoms with van der Waals surface area (Å²) in [5.41, 5.74) is 5.21. The summed E-state index contributed by atoms with van der Waals surface area (Å²) in [5.74, 6) is 0. The van der Waals surface area contributed by atoms with Gasteiger partial charge in [0.05, 0.1) is 11.4 Å². The first-order valence-electron chi connectivity index (χ1n) is 8.22. The molecule has 0 saturated carbocycles. The summed E-state index contributed by atoms with van der Waals surface area (Å²) in [6.45, 7) is 5.58. The topological polar surface area (TPSA) is 55.1 Å². The van der Waals surface area contributed by atoms with E-state index in [-0.39, 0.29) is 0 Å². The minimum Gasteiger partial charge on any atom is -0.306 e. The molecule has 1 aromatic carbocycles. The summed E-state index contributed by atoms with van der Waals surface area (Å²) in [5, 5.41) is 8.95. The molecular weight excluding hydrogens is 330 g/mol. The molecule has 0 aliphatic carbocycles. The molecule has 0 spiro atoms. The van der Waals surface area contributed by atoms with Crippen LogP contribution >= 0.6 is 11.3 Å². The van der Waals surface area contributed by atoms with Crippen molar-refractivity contribution in [2.45, 2.75) is 26.9 Å². The maximum absolute atomic E-state index is 4.79. The zero-order valence-electron chi connectivity index (χ0n) is 14.2. The molecule has 6 heteroatoms. The molecule has 4 aromatic rings. The smallest absolute Gasteiger partial charge is 0.155 e. The largest absolute Gasteiger partial charge is 0.306 e. The molecule has 0 saturated heterocycles. The number of fused-ring (bicyclic) bond motifs is 1. The molecule has 0 amide bonds. The van der Waals surface area contributed by atoms with Gasteiger partial charge in [0.15, 0.2) is 5.65 Å². The molecule has 0 aliphatic heterocycles. The SMILES string of the molecule is Cc1cc2ncc(CNCc3nc(-c4ccccc4)c(C)s3)cn2n1. The third-order valence-corrected chi connectivity index (χ3v) is 4.95. The molecule has 0 radical (unpaired) electrons. The number of aryl methyl sites for hydroxylation is 2. The summed E-state index contributed by atoms with van der Waals surface area (Å²) < 4.78 is 1.83. The molecule has 0 atom stereocenters. The first kappa shape index (κ1) is 15.9. The Morgan fingerprint density at radius 3 is 2.80 bits per heavy atom. The van der Waals surface area contributed by atoms with Crippen LogP contribution < -0.4 is 5.32 Å². The Balaban J connectivity index is 1.43. The number of thiazole rings is 1. The van der Waals surface area contributed by atoms with Gasteiger partial charge in [-0.15, -0.1) is 11.3 Å². The maximum atomic E-state index is 4.79. The Morgan fingerprint density at radius 1 is 1.12 bits per heavy atom. The van der Waals surface area contributed by atoms with Crippen LogP contribution in [0.4, 0.5) is 0 Å². The van der Waals surface area contributed by atoms with E-state index in [0.29, 0.717) is 0 Å². The van der Waals surface area contributed by atoms with Crippen LogP contribution in [-0.4, -0.2) is 19.6 Å². The Bertz CT molecular complexity index is 1000. The Morgan fingerprint density at radius 2 is 1.96 bits per heavy atom. The highest BCUT2D eigenvalue weighted by Crippen LogP contribution is 2.27. The van der Waals surface area contributed by atoms with E-state index < -0.39 is 0 Å². The molecule has 1 N–H and O–H groups in total. The zero-order valence-corrected chi connectivity index (χ0v) is 15.0. The second-order valence-electron chi connectivity index (χ2n) is 6.03. The summed E-state index contributed by atoms with van der Waals surface area (Å²) in [7, 11) is 0. The van der Waals surface area contributed by atoms with Crippen LogP contribution in [0, 0.1) is 13.8 Å². The van der Waals surface area contributed by atoms with Crippen molar-refractivity contribution in [2.24, 2.45) is 0 Å². The highest BCUT2D eigenvalue weighted by atomic mass is 32.1. The fourth-order valence-electron chi connectivity index (χ4n) is 2.83. The van der Waals surface area contributed by atoms with E-state index in [9.17, 15) is 0 Å². The van der Waals surface area contributed by atoms with E-state index in [1.54, 1.807) is 11.3 Å². The van der Waals surface area contributed by atoms with Crippen molar-refractivity contribution in [3.05, 3.63) is 69.9 Å². The first-order valence-corrected chi connectivity index (χ1v) is 9.04. The van der Waals surface area contributed by atoms with Gasteiger partial charge in [-0.05, 0) is 13.8 Å². The molecule has 3 heterocycles. The van der Waals surface area contributed by atoms with Gasteiger partial charge in [0.2, 0.25) is 0 Å². The molecule has 0 bridgehead atoms. The van der Waals surface area contributed by atoms with Crippen molar-refractivity contribution in [3.63, 3.8) is 0 Å². The average molecular weight is 349 g/mol. The van der Waals surface area contributed by atoms with Gasteiger partial charge >= 0.3 is 0 Å². The Labute approximate surface area is 150 Å². The monoisotopic (exact) mass is 349 g/mol. The van der Waals surface area contributed by atoms with Gasteiger partial charge in [0, 0.05) is 47.6 Å². The highest BCUT2D eigenvalue weighted by molar-refractivity contribution is 7.12. The number of nitrogens with one attached hydrogen (secondary N) is 1. The minimum absolute atomic E-state index is 0.737. The molecule has 0 unspecified atom stereocenters. The van der Waals surface area contributed by atoms with E-state index in [0.717, 1.165) is 40.7 Å². The van der Waals surface area contributed by atoms with Crippen molar-refractivity contribution in [1.29, 1.82) is 0 Å². The molecule has 3 aromatic heterocycles. The van der Waals surface area contributed by atoms with Gasteiger partial charge in [-0.2, -0.15) is 5.10 Å². The van der Waals surface area contributed by atoms with Gasteiger partial charge in [-0.25, -0.2) is 14.5 Å². The van der Waals surface area contributed by atoms with Crippen molar-refractivity contribution in [2.75, 3.05) is 0 Å². The van der Waals surface area contributed by atoms with Gasteiger partial charge in [0.25, 0.3) is 0 Å². The summed E-state index contributed by atoms with van der Waals surface area (Å²) in [6.07, 6.45) is 3.91. The van der Waals surface area contributed by atoms with Crippen LogP contribution in [-0.2, 0) is 13.1 Å². The lowest BCUT2D eigenvalue weighted by Gasteiger charge is -2.03. The van der Waals surface area contributed by atoms with Crippen molar-refractivity contribution in [3.8, 4) is 11.3 Å². The van der Waals surface area contributed by atoms with Gasteiger partial charge in [-0.3, -0.25) is 0 Å². The third-order valence-electron chi connectivity index (χ3n) is 3.98. The number of aromatic nitrogens is 4. The fraction of sp³-hybridized carbons (Fsp3) is 0.211. The van der Waals surface area contributed by atoms with Crippen molar-refractivity contribution < 1.29 is 0 Å². The van der Waals surface area contributed by atoms with Crippen molar-refractivity contribution in [1.82, 2.24) is 24.9 Å². The van der Waals surface area contributed by atoms with Crippen LogP contribution in [0.2, 0.25) is 0 Å². The molecule has 25 heavy (non-hydrogen) atoms. The molecule has 0 aliphatic rings. The highest BCUT2D eigenvalue weighted by Gasteiger charge is 2.09. The normalized spacial score (nSPS) is 11.3. The zero-order chi connectivity index (χ0) is 17.2. The van der Waals surface area contributed by atoms with E-state index in [4.69, 9.17) is 4.98 Å². The lowest BCUT2D eigenvalue weighted by atomic mass is 10.1. The second-order valence-corrected chi connectivity index (χ2v) is 7.32. The van der Waals surface area contributed by atoms with E-state index in [2.05, 4.69) is 34.5 Å². The summed E-state index contributed by atoms with van der Waals surface area (Å²) in [4.78, 5) is 10.5. The quantitative estimate of drug-likeness (QED) is 0.596. The standard InChI is InChI=1S/C19H19N5S/c1-13-8-17-21-10-15(12-24(17)23-13)9-20-11-18-22-19(14(2)25-18)16-6-4-3-5-7-16/h3-8,10,12,20H,9,11H2,1-2H3. The van der Waals surface area contributed by atoms with Crippen LogP contribution in [0.1, 0.15) is 21.1 Å². The number of hydrogen-bond donors (Lipinski definition) is 1. The maximum Gasteiger partial charge on any atom is 0.155 e. The Kier molecular flexibility index (Phi) is 4.29. The van der Waals surface area contributed by atoms with Crippen molar-refractivity contribution >= 4 is 17.0 Å². The Hall–Kier alpha value is -2.57. The van der Waals surface area contributed by atoms with Crippen LogP contribution in [0.15, 0.2) is 48.8 Å². The third kappa shape index (κ3) is 3.45. The summed E-state index contributed by atoms with van der Waals surface area (Å²) >= 11 is 1.74. The number of hydrogen-bond acceptors (Lipinski definition) is 5. The lowest BCUT2D eigenvalue weighted by molar-refractivity contribution is 0.682. The average Bonchev–Trinajstić information content (AvgIpc) is 3.17. The van der Waals surface area contributed by atoms with Gasteiger partial charge in [0.1, 0.15) is 5.01 Å². The summed E-state index contributed by atoms with van der Waals surface area (Å²) in [6, 6.07) is 12.3. The van der Waals surface area contributed by atoms with Crippen LogP contribution in [0.3, 0.4) is 0 Å². The number of benzene rings is 1. The molecule has 4 rings (SSSR count). The van der Waals surface area contributed by atoms with Gasteiger partial charge in [-0.1, -0.05) is 30.3 Å². The first-order chi connectivity index (χ1) is 12.2. The van der Waals surface area contributed by atoms with Gasteiger partial charge < -0.3 is 5.32 Å². The van der Waals surface area contributed by atoms with E-state index >= 15 is 0 Å². The van der Waals surface area contributed by atoms with E-state index in [1.807, 2.05) is 48.1 Å². The minimum atomic E-state index is 0.737. The predicted octanol–water partition coefficient (Wildman–Crippen LogP) is 3.76. The predicted molar refractivity (Wildman–Crippen MR) is 101 cm³/mol. The molecule has 126 valence electrons. The number of rotatable bonds is 5. The second kappa shape index (κ2) is 6.74. The number of nitrogens with zero attached hydrogens (tertiary/aromatic N) is 4.